The molecule has 1 aliphatic rings. The highest BCUT2D eigenvalue weighted by Gasteiger charge is 2.26. The van der Waals surface area contributed by atoms with E-state index in [4.69, 9.17) is 27.9 Å². The van der Waals surface area contributed by atoms with Crippen molar-refractivity contribution in [3.8, 4) is 5.75 Å². The molecule has 0 spiro atoms. The van der Waals surface area contributed by atoms with Gasteiger partial charge in [-0.2, -0.15) is 0 Å². The molecule has 2 heterocycles. The lowest BCUT2D eigenvalue weighted by molar-refractivity contribution is -0.121. The maximum Gasteiger partial charge on any atom is 0.265 e. The second-order valence-corrected chi connectivity index (χ2v) is 5.16. The number of hydrogen-bond acceptors (Lipinski definition) is 3. The van der Waals surface area contributed by atoms with Gasteiger partial charge < -0.3 is 4.74 Å². The van der Waals surface area contributed by atoms with Gasteiger partial charge in [0.05, 0.1) is 17.9 Å². The van der Waals surface area contributed by atoms with Gasteiger partial charge >= 0.3 is 0 Å². The minimum Gasteiger partial charge on any atom is -0.482 e. The first-order chi connectivity index (χ1) is 9.63. The number of halogens is 2. The Morgan fingerprint density at radius 2 is 2.10 bits per heavy atom. The largest absolute Gasteiger partial charge is 0.482 e. The van der Waals surface area contributed by atoms with Crippen molar-refractivity contribution in [2.45, 2.75) is 6.54 Å². The van der Waals surface area contributed by atoms with Gasteiger partial charge in [-0.3, -0.25) is 9.69 Å². The van der Waals surface area contributed by atoms with Gasteiger partial charge in [0, 0.05) is 5.02 Å². The molecule has 2 aromatic rings. The van der Waals surface area contributed by atoms with Crippen LogP contribution in [0.15, 0.2) is 36.4 Å². The quantitative estimate of drug-likeness (QED) is 0.799. The van der Waals surface area contributed by atoms with Crippen LogP contribution in [0.3, 0.4) is 0 Å². The number of benzene rings is 1. The topological polar surface area (TPSA) is 42.4 Å². The molecule has 0 radical (unpaired) electrons. The number of fused-ring (bicyclic) bond motifs is 1. The van der Waals surface area contributed by atoms with Crippen molar-refractivity contribution in [3.63, 3.8) is 0 Å². The Balaban J connectivity index is 1.97. The number of rotatable bonds is 2. The molecule has 1 aliphatic heterocycles. The number of hydrogen-bond donors (Lipinski definition) is 0. The normalized spacial score (nSPS) is 13.9. The smallest absolute Gasteiger partial charge is 0.265 e. The van der Waals surface area contributed by atoms with Gasteiger partial charge in [-0.05, 0) is 30.3 Å². The van der Waals surface area contributed by atoms with Crippen LogP contribution in [-0.4, -0.2) is 17.5 Å². The highest BCUT2D eigenvalue weighted by Crippen LogP contribution is 2.35. The second-order valence-electron chi connectivity index (χ2n) is 4.33. The molecule has 0 saturated heterocycles. The van der Waals surface area contributed by atoms with E-state index < -0.39 is 0 Å². The lowest BCUT2D eigenvalue weighted by atomic mass is 10.2. The summed E-state index contributed by atoms with van der Waals surface area (Å²) >= 11 is 11.9. The van der Waals surface area contributed by atoms with Crippen molar-refractivity contribution in [2.75, 3.05) is 11.5 Å². The van der Waals surface area contributed by atoms with Crippen molar-refractivity contribution < 1.29 is 9.53 Å². The fourth-order valence-electron chi connectivity index (χ4n) is 2.05. The number of carbonyl (C=O) groups excluding carboxylic acids is 1. The standard InChI is InChI=1S/C14H10Cl2N2O2/c15-9-4-5-12-11(6-9)18(14(19)8-20-12)7-10-2-1-3-13(16)17-10/h1-6H,7-8H2. The Morgan fingerprint density at radius 3 is 2.90 bits per heavy atom. The molecule has 20 heavy (non-hydrogen) atoms. The van der Waals surface area contributed by atoms with Crippen LogP contribution in [0.4, 0.5) is 5.69 Å². The van der Waals surface area contributed by atoms with E-state index in [1.807, 2.05) is 6.07 Å². The lowest BCUT2D eigenvalue weighted by Gasteiger charge is -2.29. The molecular weight excluding hydrogens is 299 g/mol. The zero-order chi connectivity index (χ0) is 14.1. The van der Waals surface area contributed by atoms with Crippen molar-refractivity contribution in [1.29, 1.82) is 0 Å². The fourth-order valence-corrected chi connectivity index (χ4v) is 2.40. The molecule has 0 atom stereocenters. The van der Waals surface area contributed by atoms with E-state index in [0.717, 1.165) is 0 Å². The predicted molar refractivity (Wildman–Crippen MR) is 77.4 cm³/mol. The number of pyridine rings is 1. The average molecular weight is 309 g/mol. The van der Waals surface area contributed by atoms with E-state index in [1.54, 1.807) is 35.2 Å². The monoisotopic (exact) mass is 308 g/mol. The Bertz CT molecular complexity index is 676. The number of ether oxygens (including phenoxy) is 1. The van der Waals surface area contributed by atoms with Crippen LogP contribution in [0.25, 0.3) is 0 Å². The van der Waals surface area contributed by atoms with Crippen molar-refractivity contribution >= 4 is 34.8 Å². The molecule has 4 nitrogen and oxygen atoms in total. The number of anilines is 1. The van der Waals surface area contributed by atoms with Crippen LogP contribution in [0.1, 0.15) is 5.69 Å². The summed E-state index contributed by atoms with van der Waals surface area (Å²) in [6.45, 7) is 0.339. The minimum atomic E-state index is -0.137. The molecule has 102 valence electrons. The zero-order valence-electron chi connectivity index (χ0n) is 10.3. The van der Waals surface area contributed by atoms with Crippen molar-refractivity contribution in [2.24, 2.45) is 0 Å². The van der Waals surface area contributed by atoms with Crippen molar-refractivity contribution in [1.82, 2.24) is 4.98 Å². The average Bonchev–Trinajstić information content (AvgIpc) is 2.42. The van der Waals surface area contributed by atoms with Crippen LogP contribution in [0.5, 0.6) is 5.75 Å². The summed E-state index contributed by atoms with van der Waals surface area (Å²) < 4.78 is 5.39. The maximum atomic E-state index is 12.1. The summed E-state index contributed by atoms with van der Waals surface area (Å²) in [6, 6.07) is 10.5. The molecule has 0 saturated carbocycles. The molecule has 0 aliphatic carbocycles. The first-order valence-electron chi connectivity index (χ1n) is 5.97. The summed E-state index contributed by atoms with van der Waals surface area (Å²) in [5.41, 5.74) is 1.36. The molecule has 0 bridgehead atoms. The van der Waals surface area contributed by atoms with Gasteiger partial charge in [-0.1, -0.05) is 29.3 Å². The Hall–Kier alpha value is -1.78. The molecule has 0 unspecified atom stereocenters. The highest BCUT2D eigenvalue weighted by atomic mass is 35.5. The van der Waals surface area contributed by atoms with Crippen LogP contribution < -0.4 is 9.64 Å². The first kappa shape index (κ1) is 13.2. The van der Waals surface area contributed by atoms with E-state index in [-0.39, 0.29) is 12.5 Å². The number of carbonyl (C=O) groups is 1. The molecule has 1 aromatic heterocycles. The van der Waals surface area contributed by atoms with Crippen LogP contribution >= 0.6 is 23.2 Å². The lowest BCUT2D eigenvalue weighted by Crippen LogP contribution is -2.38. The molecule has 1 amide bonds. The summed E-state index contributed by atoms with van der Waals surface area (Å²) in [5.74, 6) is 0.498. The Labute approximate surface area is 125 Å². The molecule has 6 heteroatoms. The van der Waals surface area contributed by atoms with Gasteiger partial charge in [-0.25, -0.2) is 4.98 Å². The molecule has 0 fully saturated rings. The Morgan fingerprint density at radius 1 is 1.25 bits per heavy atom. The van der Waals surface area contributed by atoms with Gasteiger partial charge in [0.1, 0.15) is 10.9 Å². The predicted octanol–water partition coefficient (Wildman–Crippen LogP) is 3.31. The minimum absolute atomic E-state index is 0.00913. The zero-order valence-corrected chi connectivity index (χ0v) is 11.9. The summed E-state index contributed by atoms with van der Waals surface area (Å²) in [5, 5.41) is 0.945. The molecular formula is C14H10Cl2N2O2. The van der Waals surface area contributed by atoms with Crippen molar-refractivity contribution in [3.05, 3.63) is 52.3 Å². The van der Waals surface area contributed by atoms with E-state index in [2.05, 4.69) is 4.98 Å². The van der Waals surface area contributed by atoms with Gasteiger partial charge in [0.2, 0.25) is 0 Å². The Kier molecular flexibility index (Phi) is 3.51. The van der Waals surface area contributed by atoms with E-state index in [9.17, 15) is 4.79 Å². The third kappa shape index (κ3) is 2.57. The highest BCUT2D eigenvalue weighted by molar-refractivity contribution is 6.31. The third-order valence-corrected chi connectivity index (χ3v) is 3.40. The van der Waals surface area contributed by atoms with Crippen LogP contribution in [0, 0.1) is 0 Å². The van der Waals surface area contributed by atoms with Gasteiger partial charge in [-0.15, -0.1) is 0 Å². The van der Waals surface area contributed by atoms with Gasteiger partial charge in [0.15, 0.2) is 6.61 Å². The number of aromatic nitrogens is 1. The van der Waals surface area contributed by atoms with Crippen LogP contribution in [0.2, 0.25) is 10.2 Å². The van der Waals surface area contributed by atoms with Crippen LogP contribution in [-0.2, 0) is 11.3 Å². The summed E-state index contributed by atoms with van der Waals surface area (Å²) in [6.07, 6.45) is 0. The SMILES string of the molecule is O=C1COc2ccc(Cl)cc2N1Cc1cccc(Cl)n1. The maximum absolute atomic E-state index is 12.1. The van der Waals surface area contributed by atoms with E-state index in [0.29, 0.717) is 33.9 Å². The van der Waals surface area contributed by atoms with Gasteiger partial charge in [0.25, 0.3) is 5.91 Å². The van der Waals surface area contributed by atoms with E-state index >= 15 is 0 Å². The molecule has 0 N–H and O–H groups in total. The number of nitrogens with zero attached hydrogens (tertiary/aromatic N) is 2. The summed E-state index contributed by atoms with van der Waals surface area (Å²) in [7, 11) is 0. The number of amides is 1. The molecule has 3 rings (SSSR count). The van der Waals surface area contributed by atoms with E-state index in [1.165, 1.54) is 0 Å². The fraction of sp³-hybridized carbons (Fsp3) is 0.143. The second kappa shape index (κ2) is 5.31. The first-order valence-corrected chi connectivity index (χ1v) is 6.73. The summed E-state index contributed by atoms with van der Waals surface area (Å²) in [4.78, 5) is 17.9. The third-order valence-electron chi connectivity index (χ3n) is 2.96. The molecule has 1 aromatic carbocycles.